The van der Waals surface area contributed by atoms with E-state index in [-0.39, 0.29) is 18.0 Å². The molecular formula is C40H53N3O6. The molecule has 2 N–H and O–H groups in total. The summed E-state index contributed by atoms with van der Waals surface area (Å²) in [5.74, 6) is -2.25. The van der Waals surface area contributed by atoms with Gasteiger partial charge in [-0.2, -0.15) is 0 Å². The molecule has 0 aromatic heterocycles. The van der Waals surface area contributed by atoms with Gasteiger partial charge in [0.25, 0.3) is 11.7 Å². The van der Waals surface area contributed by atoms with Crippen molar-refractivity contribution in [3.8, 4) is 11.5 Å². The maximum absolute atomic E-state index is 13.8. The Morgan fingerprint density at radius 3 is 1.84 bits per heavy atom. The van der Waals surface area contributed by atoms with E-state index in [1.807, 2.05) is 50.2 Å². The molecule has 9 nitrogen and oxygen atoms in total. The molecule has 0 saturated carbocycles. The van der Waals surface area contributed by atoms with Gasteiger partial charge in [-0.3, -0.25) is 19.2 Å². The third-order valence-electron chi connectivity index (χ3n) is 8.69. The molecule has 1 aliphatic rings. The van der Waals surface area contributed by atoms with E-state index in [0.717, 1.165) is 38.5 Å². The highest BCUT2D eigenvalue weighted by molar-refractivity contribution is 6.43. The number of unbranched alkanes of at least 4 members (excludes halogenated alkanes) is 2. The highest BCUT2D eigenvalue weighted by Gasteiger charge is 2.44. The first-order chi connectivity index (χ1) is 23.8. The molecule has 9 heteroatoms. The summed E-state index contributed by atoms with van der Waals surface area (Å²) in [7, 11) is 2.97. The van der Waals surface area contributed by atoms with Crippen LogP contribution in [0.5, 0.6) is 11.5 Å². The molecule has 4 rings (SSSR count). The quantitative estimate of drug-likeness (QED) is 0.108. The number of piperidine rings is 1. The van der Waals surface area contributed by atoms with E-state index < -0.39 is 29.6 Å². The van der Waals surface area contributed by atoms with Gasteiger partial charge in [0.05, 0.1) is 20.1 Å². The van der Waals surface area contributed by atoms with Gasteiger partial charge in [-0.15, -0.1) is 0 Å². The molecule has 0 radical (unpaired) electrons. The number of carbonyl (C=O) groups excluding carboxylic acids is 4. The number of hydrogen-bond acceptors (Lipinski definition) is 6. The monoisotopic (exact) mass is 671 g/mol. The number of ether oxygens (including phenoxy) is 2. The van der Waals surface area contributed by atoms with Crippen LogP contribution in [0, 0.1) is 12.8 Å². The molecule has 3 aromatic rings. The second kappa shape index (κ2) is 20.6. The number of carbonyl (C=O) groups is 4. The molecule has 3 aromatic carbocycles. The molecule has 49 heavy (non-hydrogen) atoms. The fourth-order valence-electron chi connectivity index (χ4n) is 6.22. The fraction of sp³-hybridized carbons (Fsp3) is 0.450. The molecule has 1 fully saturated rings. The van der Waals surface area contributed by atoms with Crippen LogP contribution in [-0.2, 0) is 27.2 Å². The first-order valence-electron chi connectivity index (χ1n) is 17.5. The zero-order valence-electron chi connectivity index (χ0n) is 29.8. The summed E-state index contributed by atoms with van der Waals surface area (Å²) >= 11 is 0. The Morgan fingerprint density at radius 1 is 0.755 bits per heavy atom. The van der Waals surface area contributed by atoms with Crippen molar-refractivity contribution in [1.29, 1.82) is 0 Å². The minimum atomic E-state index is -1.10. The molecule has 1 aliphatic heterocycles. The number of rotatable bonds is 16. The summed E-state index contributed by atoms with van der Waals surface area (Å²) < 4.78 is 10.8. The van der Waals surface area contributed by atoms with Gasteiger partial charge in [0.1, 0.15) is 6.04 Å². The van der Waals surface area contributed by atoms with Crippen LogP contribution in [0.4, 0.5) is 0 Å². The first kappa shape index (κ1) is 38.8. The first-order valence-corrected chi connectivity index (χ1v) is 17.5. The van der Waals surface area contributed by atoms with Gasteiger partial charge >= 0.3 is 0 Å². The van der Waals surface area contributed by atoms with E-state index in [9.17, 15) is 19.2 Å². The van der Waals surface area contributed by atoms with Crippen molar-refractivity contribution in [2.45, 2.75) is 78.2 Å². The Labute approximate surface area is 291 Å². The van der Waals surface area contributed by atoms with Gasteiger partial charge in [-0.05, 0) is 87.1 Å². The molecule has 0 aliphatic carbocycles. The number of ketones is 1. The number of nitrogens with zero attached hydrogens (tertiary/aromatic N) is 1. The van der Waals surface area contributed by atoms with Crippen molar-refractivity contribution in [2.24, 2.45) is 5.92 Å². The molecule has 3 amide bonds. The smallest absolute Gasteiger partial charge is 0.295 e. The average Bonchev–Trinajstić information content (AvgIpc) is 3.14. The maximum Gasteiger partial charge on any atom is 0.295 e. The summed E-state index contributed by atoms with van der Waals surface area (Å²) in [6.07, 6.45) is 6.04. The molecular weight excluding hydrogens is 618 g/mol. The minimum absolute atomic E-state index is 0.134. The molecule has 1 heterocycles. The molecule has 0 spiro atoms. The average molecular weight is 672 g/mol. The zero-order chi connectivity index (χ0) is 35.6. The Bertz CT molecular complexity index is 1490. The van der Waals surface area contributed by atoms with Gasteiger partial charge in [0.2, 0.25) is 11.8 Å². The van der Waals surface area contributed by atoms with Gasteiger partial charge in [0.15, 0.2) is 11.5 Å². The van der Waals surface area contributed by atoms with E-state index >= 15 is 0 Å². The van der Waals surface area contributed by atoms with Gasteiger partial charge < -0.3 is 25.0 Å². The van der Waals surface area contributed by atoms with E-state index in [1.54, 1.807) is 13.0 Å². The Kier molecular flexibility index (Phi) is 16.3. The third kappa shape index (κ3) is 11.2. The van der Waals surface area contributed by atoms with Crippen LogP contribution < -0.4 is 20.1 Å². The summed E-state index contributed by atoms with van der Waals surface area (Å²) in [6.45, 7) is 6.83. The van der Waals surface area contributed by atoms with Crippen molar-refractivity contribution in [3.63, 3.8) is 0 Å². The van der Waals surface area contributed by atoms with E-state index in [0.29, 0.717) is 43.0 Å². The Hall–Kier alpha value is -4.66. The number of aryl methyl sites for hydroxylation is 3. The van der Waals surface area contributed by atoms with Crippen LogP contribution in [0.1, 0.15) is 79.4 Å². The van der Waals surface area contributed by atoms with Gasteiger partial charge in [-0.25, -0.2) is 0 Å². The number of nitrogens with one attached hydrogen (secondary N) is 2. The summed E-state index contributed by atoms with van der Waals surface area (Å²) in [5.41, 5.74) is 3.24. The Balaban J connectivity index is 0.00000319. The fourth-order valence-corrected chi connectivity index (χ4v) is 6.22. The number of benzene rings is 3. The molecule has 2 unspecified atom stereocenters. The van der Waals surface area contributed by atoms with E-state index in [1.165, 1.54) is 36.3 Å². The predicted molar refractivity (Wildman–Crippen MR) is 193 cm³/mol. The van der Waals surface area contributed by atoms with Crippen LogP contribution in [0.25, 0.3) is 0 Å². The highest BCUT2D eigenvalue weighted by Crippen LogP contribution is 2.33. The van der Waals surface area contributed by atoms with Crippen molar-refractivity contribution in [2.75, 3.05) is 33.9 Å². The molecule has 1 saturated heterocycles. The summed E-state index contributed by atoms with van der Waals surface area (Å²) in [5, 5.41) is 5.96. The maximum atomic E-state index is 13.8. The van der Waals surface area contributed by atoms with Crippen LogP contribution in [0.2, 0.25) is 0 Å². The largest absolute Gasteiger partial charge is 0.493 e. The second-order valence-electron chi connectivity index (χ2n) is 12.0. The number of hydrogen-bond donors (Lipinski definition) is 2. The van der Waals surface area contributed by atoms with Crippen molar-refractivity contribution in [3.05, 3.63) is 95.1 Å². The van der Waals surface area contributed by atoms with E-state index in [2.05, 4.69) is 34.9 Å². The predicted octanol–water partition coefficient (Wildman–Crippen LogP) is 6.11. The second-order valence-corrected chi connectivity index (χ2v) is 12.0. The number of likely N-dealkylation sites (tertiary alicyclic amines) is 1. The lowest BCUT2D eigenvalue weighted by atomic mass is 9.86. The lowest BCUT2D eigenvalue weighted by Crippen LogP contribution is -2.60. The van der Waals surface area contributed by atoms with Gasteiger partial charge in [-0.1, -0.05) is 74.5 Å². The van der Waals surface area contributed by atoms with Crippen LogP contribution in [0.3, 0.4) is 0 Å². The van der Waals surface area contributed by atoms with Crippen molar-refractivity contribution >= 4 is 23.5 Å². The van der Waals surface area contributed by atoms with E-state index in [4.69, 9.17) is 9.47 Å². The molecule has 264 valence electrons. The highest BCUT2D eigenvalue weighted by atomic mass is 16.5. The minimum Gasteiger partial charge on any atom is -0.493 e. The number of methoxy groups -OCH3 is 2. The number of amides is 3. The number of Topliss-reactive ketones (excluding diaryl/α,β-unsaturated/α-hetero) is 1. The zero-order valence-corrected chi connectivity index (χ0v) is 29.8. The molecule has 2 atom stereocenters. The topological polar surface area (TPSA) is 114 Å². The van der Waals surface area contributed by atoms with Crippen molar-refractivity contribution in [1.82, 2.24) is 15.5 Å². The normalized spacial score (nSPS) is 15.3. The van der Waals surface area contributed by atoms with Crippen LogP contribution >= 0.6 is 0 Å². The van der Waals surface area contributed by atoms with Gasteiger partial charge in [0, 0.05) is 25.2 Å². The SMILES string of the molecule is CC.COc1cc(C(=O)C(=O)N2CCCC(C(=O)NCCCCc3ccccc3)C2C(=O)NCCCCc2ccccc2)cc(C)c1OC. The lowest BCUT2D eigenvalue weighted by Gasteiger charge is -2.39. The molecule has 0 bridgehead atoms. The van der Waals surface area contributed by atoms with Crippen LogP contribution in [-0.4, -0.2) is 68.3 Å². The summed E-state index contributed by atoms with van der Waals surface area (Å²) in [4.78, 5) is 56.0. The van der Waals surface area contributed by atoms with Crippen molar-refractivity contribution < 1.29 is 28.7 Å². The lowest BCUT2D eigenvalue weighted by molar-refractivity contribution is -0.146. The van der Waals surface area contributed by atoms with Crippen LogP contribution in [0.15, 0.2) is 72.8 Å². The summed E-state index contributed by atoms with van der Waals surface area (Å²) in [6, 6.07) is 22.3. The standard InChI is InChI=1S/C38H47N3O6.C2H6/c1-27-25-30(26-32(46-2)35(27)47-3)34(42)38(45)41-24-14-21-31(36(43)39-22-12-10-19-28-15-6-4-7-16-28)33(41)37(44)40-23-13-11-20-29-17-8-5-9-18-29;1-2/h4-9,15-18,25-26,31,33H,10-14,19-24H2,1-3H3,(H,39,43)(H,40,44);1-2H3. The Morgan fingerprint density at radius 2 is 1.31 bits per heavy atom. The third-order valence-corrected chi connectivity index (χ3v) is 8.69.